The number of sulfone groups is 1. The van der Waals surface area contributed by atoms with E-state index in [-0.39, 0.29) is 5.78 Å². The van der Waals surface area contributed by atoms with Crippen LogP contribution in [0.3, 0.4) is 0 Å². The van der Waals surface area contributed by atoms with Crippen molar-refractivity contribution in [2.45, 2.75) is 25.0 Å². The van der Waals surface area contributed by atoms with Crippen LogP contribution in [0.2, 0.25) is 0 Å². The Morgan fingerprint density at radius 2 is 2.20 bits per heavy atom. The quantitative estimate of drug-likeness (QED) is 0.794. The van der Waals surface area contributed by atoms with E-state index in [1.54, 1.807) is 11.3 Å². The second-order valence-electron chi connectivity index (χ2n) is 3.57. The van der Waals surface area contributed by atoms with Crippen LogP contribution in [0.25, 0.3) is 0 Å². The number of thiophene rings is 1. The molecular weight excluding hydrogens is 232 g/mol. The molecular formula is C10H14O3S2. The highest BCUT2D eigenvalue weighted by molar-refractivity contribution is 7.92. The van der Waals surface area contributed by atoms with Crippen LogP contribution in [-0.4, -0.2) is 25.7 Å². The van der Waals surface area contributed by atoms with Gasteiger partial charge in [-0.1, -0.05) is 0 Å². The van der Waals surface area contributed by atoms with Crippen LogP contribution in [0.1, 0.15) is 18.9 Å². The smallest absolute Gasteiger partial charge is 0.157 e. The topological polar surface area (TPSA) is 51.2 Å². The first-order valence-electron chi connectivity index (χ1n) is 4.64. The van der Waals surface area contributed by atoms with E-state index in [2.05, 4.69) is 0 Å². The minimum atomic E-state index is -3.24. The molecule has 1 aromatic heterocycles. The second kappa shape index (κ2) is 4.90. The zero-order valence-corrected chi connectivity index (χ0v) is 10.4. The number of hydrogen-bond acceptors (Lipinski definition) is 4. The summed E-state index contributed by atoms with van der Waals surface area (Å²) in [5.74, 6) is -0.205. The zero-order chi connectivity index (χ0) is 11.5. The molecule has 0 spiro atoms. The Kier molecular flexibility index (Phi) is 4.04. The van der Waals surface area contributed by atoms with E-state index in [0.29, 0.717) is 12.8 Å². The summed E-state index contributed by atoms with van der Waals surface area (Å²) in [5.41, 5.74) is 1.09. The van der Waals surface area contributed by atoms with Crippen molar-refractivity contribution in [2.24, 2.45) is 0 Å². The summed E-state index contributed by atoms with van der Waals surface area (Å²) in [6.45, 7) is 1.45. The summed E-state index contributed by atoms with van der Waals surface area (Å²) < 4.78 is 22.2. The summed E-state index contributed by atoms with van der Waals surface area (Å²) in [6, 6.07) is 1.95. The van der Waals surface area contributed by atoms with E-state index < -0.39 is 15.1 Å². The van der Waals surface area contributed by atoms with Crippen molar-refractivity contribution in [3.05, 3.63) is 22.4 Å². The van der Waals surface area contributed by atoms with Crippen molar-refractivity contribution in [3.8, 4) is 0 Å². The average Bonchev–Trinajstić information content (AvgIpc) is 2.63. The Balaban J connectivity index is 2.50. The third-order valence-corrected chi connectivity index (χ3v) is 4.62. The van der Waals surface area contributed by atoms with Gasteiger partial charge in [0.05, 0.1) is 0 Å². The number of rotatable bonds is 5. The van der Waals surface area contributed by atoms with E-state index in [0.717, 1.165) is 11.8 Å². The van der Waals surface area contributed by atoms with Crippen molar-refractivity contribution in [1.82, 2.24) is 0 Å². The molecule has 1 rings (SSSR count). The van der Waals surface area contributed by atoms with Crippen molar-refractivity contribution >= 4 is 27.0 Å². The summed E-state index contributed by atoms with van der Waals surface area (Å²) in [5, 5.41) is 3.04. The lowest BCUT2D eigenvalue weighted by molar-refractivity contribution is -0.118. The van der Waals surface area contributed by atoms with Gasteiger partial charge in [0, 0.05) is 12.7 Å². The molecule has 0 saturated heterocycles. The molecule has 84 valence electrons. The van der Waals surface area contributed by atoms with Gasteiger partial charge in [-0.05, 0) is 35.7 Å². The molecule has 1 aromatic rings. The lowest BCUT2D eigenvalue weighted by Gasteiger charge is -2.07. The molecule has 15 heavy (non-hydrogen) atoms. The molecule has 1 unspecified atom stereocenters. The van der Waals surface area contributed by atoms with Gasteiger partial charge in [-0.2, -0.15) is 11.3 Å². The molecule has 0 aliphatic rings. The van der Waals surface area contributed by atoms with Crippen LogP contribution in [0.5, 0.6) is 0 Å². The third-order valence-electron chi connectivity index (χ3n) is 2.34. The Morgan fingerprint density at radius 1 is 1.53 bits per heavy atom. The minimum Gasteiger partial charge on any atom is -0.298 e. The van der Waals surface area contributed by atoms with Gasteiger partial charge in [0.1, 0.15) is 5.25 Å². The molecule has 0 N–H and O–H groups in total. The lowest BCUT2D eigenvalue weighted by Crippen LogP contribution is -2.26. The van der Waals surface area contributed by atoms with Crippen LogP contribution < -0.4 is 0 Å². The van der Waals surface area contributed by atoms with Crippen molar-refractivity contribution in [3.63, 3.8) is 0 Å². The number of hydrogen-bond donors (Lipinski definition) is 0. The fourth-order valence-corrected chi connectivity index (χ4v) is 2.44. The maximum absolute atomic E-state index is 11.5. The number of carbonyl (C=O) groups excluding carboxylic acids is 1. The van der Waals surface area contributed by atoms with Gasteiger partial charge >= 0.3 is 0 Å². The zero-order valence-electron chi connectivity index (χ0n) is 8.76. The van der Waals surface area contributed by atoms with Crippen LogP contribution in [0.4, 0.5) is 0 Å². The molecule has 0 bridgehead atoms. The largest absolute Gasteiger partial charge is 0.298 e. The number of carbonyl (C=O) groups is 1. The van der Waals surface area contributed by atoms with Gasteiger partial charge < -0.3 is 0 Å². The predicted molar refractivity (Wildman–Crippen MR) is 62.0 cm³/mol. The standard InChI is InChI=1S/C10H14O3S2/c1-8(15(2,12)13)10(11)4-3-9-5-6-14-7-9/h5-8H,3-4H2,1-2H3. The maximum Gasteiger partial charge on any atom is 0.157 e. The first-order valence-corrected chi connectivity index (χ1v) is 7.53. The monoisotopic (exact) mass is 246 g/mol. The Labute approximate surface area is 94.0 Å². The van der Waals surface area contributed by atoms with Gasteiger partial charge in [-0.25, -0.2) is 8.42 Å². The lowest BCUT2D eigenvalue weighted by atomic mass is 10.1. The van der Waals surface area contributed by atoms with Crippen molar-refractivity contribution in [2.75, 3.05) is 6.26 Å². The number of aryl methyl sites for hydroxylation is 1. The van der Waals surface area contributed by atoms with Gasteiger partial charge in [-0.15, -0.1) is 0 Å². The molecule has 1 heterocycles. The van der Waals surface area contributed by atoms with Crippen LogP contribution in [-0.2, 0) is 21.1 Å². The average molecular weight is 246 g/mol. The Morgan fingerprint density at radius 3 is 2.67 bits per heavy atom. The van der Waals surface area contributed by atoms with E-state index in [9.17, 15) is 13.2 Å². The van der Waals surface area contributed by atoms with Crippen LogP contribution in [0, 0.1) is 0 Å². The maximum atomic E-state index is 11.5. The molecule has 0 amide bonds. The SMILES string of the molecule is CC(C(=O)CCc1ccsc1)S(C)(=O)=O. The van der Waals surface area contributed by atoms with Crippen LogP contribution >= 0.6 is 11.3 Å². The first kappa shape index (κ1) is 12.4. The van der Waals surface area contributed by atoms with Crippen LogP contribution in [0.15, 0.2) is 16.8 Å². The van der Waals surface area contributed by atoms with E-state index in [4.69, 9.17) is 0 Å². The highest BCUT2D eigenvalue weighted by Gasteiger charge is 2.22. The van der Waals surface area contributed by atoms with E-state index in [1.165, 1.54) is 6.92 Å². The second-order valence-corrected chi connectivity index (χ2v) is 6.72. The van der Waals surface area contributed by atoms with Crippen molar-refractivity contribution in [1.29, 1.82) is 0 Å². The highest BCUT2D eigenvalue weighted by Crippen LogP contribution is 2.11. The van der Waals surface area contributed by atoms with Gasteiger partial charge in [0.2, 0.25) is 0 Å². The molecule has 0 aromatic carbocycles. The summed E-state index contributed by atoms with van der Waals surface area (Å²) in [7, 11) is -3.24. The summed E-state index contributed by atoms with van der Waals surface area (Å²) >= 11 is 1.58. The molecule has 1 atom stereocenters. The van der Waals surface area contributed by atoms with Gasteiger partial charge in [0.15, 0.2) is 15.6 Å². The first-order chi connectivity index (χ1) is 6.91. The molecule has 0 aliphatic carbocycles. The minimum absolute atomic E-state index is 0.205. The molecule has 0 fully saturated rings. The fourth-order valence-electron chi connectivity index (χ4n) is 1.14. The van der Waals surface area contributed by atoms with E-state index >= 15 is 0 Å². The summed E-state index contributed by atoms with van der Waals surface area (Å²) in [6.07, 6.45) is 2.02. The number of ketones is 1. The third kappa shape index (κ3) is 3.76. The number of Topliss-reactive ketones (excluding diaryl/α,β-unsaturated/α-hetero) is 1. The molecule has 0 saturated carbocycles. The molecule has 0 aliphatic heterocycles. The highest BCUT2D eigenvalue weighted by atomic mass is 32.2. The molecule has 5 heteroatoms. The Bertz CT molecular complexity index is 418. The van der Waals surface area contributed by atoms with Gasteiger partial charge in [-0.3, -0.25) is 4.79 Å². The normalized spacial score (nSPS) is 13.7. The molecule has 0 radical (unpaired) electrons. The van der Waals surface area contributed by atoms with Gasteiger partial charge in [0.25, 0.3) is 0 Å². The Hall–Kier alpha value is -0.680. The van der Waals surface area contributed by atoms with E-state index in [1.807, 2.05) is 16.8 Å². The fraction of sp³-hybridized carbons (Fsp3) is 0.500. The summed E-state index contributed by atoms with van der Waals surface area (Å²) in [4.78, 5) is 11.5. The van der Waals surface area contributed by atoms with Crippen molar-refractivity contribution < 1.29 is 13.2 Å². The predicted octanol–water partition coefficient (Wildman–Crippen LogP) is 1.68. The molecule has 3 nitrogen and oxygen atoms in total.